The lowest BCUT2D eigenvalue weighted by Gasteiger charge is -2.26. The molecule has 8 heteroatoms. The first kappa shape index (κ1) is 17.1. The zero-order chi connectivity index (χ0) is 18.2. The number of nitriles is 1. The first-order chi connectivity index (χ1) is 12.0. The molecule has 2 aromatic rings. The molecule has 0 fully saturated rings. The lowest BCUT2D eigenvalue weighted by molar-refractivity contribution is 0.0473. The Morgan fingerprint density at radius 2 is 2.12 bits per heavy atom. The molecule has 3 rings (SSSR count). The zero-order valence-corrected chi connectivity index (χ0v) is 14.5. The van der Waals surface area contributed by atoms with Crippen LogP contribution in [-0.4, -0.2) is 28.9 Å². The van der Waals surface area contributed by atoms with E-state index in [0.717, 1.165) is 0 Å². The summed E-state index contributed by atoms with van der Waals surface area (Å²) >= 11 is 1.33. The van der Waals surface area contributed by atoms with Crippen molar-refractivity contribution in [2.24, 2.45) is 0 Å². The number of nitrogens with two attached hydrogens (primary N) is 1. The summed E-state index contributed by atoms with van der Waals surface area (Å²) in [7, 11) is 1.53. The van der Waals surface area contributed by atoms with Crippen molar-refractivity contribution >= 4 is 23.5 Å². The highest BCUT2D eigenvalue weighted by atomic mass is 32.2. The van der Waals surface area contributed by atoms with E-state index in [1.54, 1.807) is 24.3 Å². The highest BCUT2D eigenvalue weighted by molar-refractivity contribution is 7.99. The average Bonchev–Trinajstić information content (AvgIpc) is 2.88. The van der Waals surface area contributed by atoms with Crippen LogP contribution in [0.15, 0.2) is 29.3 Å². The average molecular weight is 356 g/mol. The van der Waals surface area contributed by atoms with Gasteiger partial charge in [-0.05, 0) is 17.9 Å². The third-order valence-corrected chi connectivity index (χ3v) is 4.83. The number of anilines is 1. The Labute approximate surface area is 148 Å². The number of rotatable bonds is 4. The Bertz CT molecular complexity index is 892. The third kappa shape index (κ3) is 2.58. The molecule has 2 heterocycles. The number of thioether (sulfide) groups is 1. The molecule has 25 heavy (non-hydrogen) atoms. The van der Waals surface area contributed by atoms with Crippen LogP contribution in [0.2, 0.25) is 0 Å². The van der Waals surface area contributed by atoms with Gasteiger partial charge in [-0.3, -0.25) is 4.79 Å². The molecule has 1 amide bonds. The second kappa shape index (κ2) is 6.27. The molecular weight excluding hydrogens is 340 g/mol. The van der Waals surface area contributed by atoms with E-state index < -0.39 is 11.6 Å². The number of pyridine rings is 1. The number of ether oxygens (including phenoxy) is 1. The molecule has 4 N–H and O–H groups in total. The summed E-state index contributed by atoms with van der Waals surface area (Å²) < 4.78 is 5.12. The Balaban J connectivity index is 2.28. The van der Waals surface area contributed by atoms with Gasteiger partial charge in [0.05, 0.1) is 18.2 Å². The van der Waals surface area contributed by atoms with Gasteiger partial charge in [-0.25, -0.2) is 4.98 Å². The van der Waals surface area contributed by atoms with Gasteiger partial charge in [0.2, 0.25) is 0 Å². The predicted molar refractivity (Wildman–Crippen MR) is 93.2 cm³/mol. The minimum Gasteiger partial charge on any atom is -0.497 e. The number of hydrogen-bond acceptors (Lipinski definition) is 7. The number of fused-ring (bicyclic) bond motifs is 1. The fraction of sp³-hybridized carbons (Fsp3) is 0.235. The summed E-state index contributed by atoms with van der Waals surface area (Å²) in [5, 5.41) is 23.8. The second-order valence-electron chi connectivity index (χ2n) is 5.37. The van der Waals surface area contributed by atoms with Crippen LogP contribution in [0.25, 0.3) is 0 Å². The lowest BCUT2D eigenvalue weighted by atomic mass is 9.91. The van der Waals surface area contributed by atoms with Crippen LogP contribution >= 0.6 is 11.8 Å². The van der Waals surface area contributed by atoms with Crippen molar-refractivity contribution in [1.82, 2.24) is 10.3 Å². The van der Waals surface area contributed by atoms with E-state index >= 15 is 0 Å². The molecule has 128 valence electrons. The number of methoxy groups -OCH3 is 1. The molecule has 0 bridgehead atoms. The number of hydrogen-bond donors (Lipinski definition) is 3. The van der Waals surface area contributed by atoms with Crippen molar-refractivity contribution in [3.63, 3.8) is 0 Å². The van der Waals surface area contributed by atoms with Crippen molar-refractivity contribution in [2.75, 3.05) is 18.6 Å². The van der Waals surface area contributed by atoms with Gasteiger partial charge in [0.15, 0.2) is 5.72 Å². The number of carbonyl (C=O) groups excluding carboxylic acids is 1. The van der Waals surface area contributed by atoms with Gasteiger partial charge >= 0.3 is 0 Å². The maximum absolute atomic E-state index is 12.4. The predicted octanol–water partition coefficient (Wildman–Crippen LogP) is 1.59. The highest BCUT2D eigenvalue weighted by Gasteiger charge is 2.47. The molecule has 0 aliphatic carbocycles. The van der Waals surface area contributed by atoms with E-state index in [0.29, 0.717) is 22.1 Å². The Hall–Kier alpha value is -2.76. The summed E-state index contributed by atoms with van der Waals surface area (Å²) in [6.07, 6.45) is 0. The van der Waals surface area contributed by atoms with E-state index in [9.17, 15) is 15.2 Å². The topological polar surface area (TPSA) is 121 Å². The van der Waals surface area contributed by atoms with Crippen LogP contribution in [0.4, 0.5) is 5.82 Å². The SMILES string of the molecule is CCSc1nc(N)c2c(c1C#N)C(O)(c1ccc(OC)cc1)NC2=O. The van der Waals surface area contributed by atoms with Gasteiger partial charge < -0.3 is 20.9 Å². The molecule has 0 saturated heterocycles. The quantitative estimate of drug-likeness (QED) is 0.711. The number of aromatic nitrogens is 1. The minimum absolute atomic E-state index is 0.00751. The molecule has 0 radical (unpaired) electrons. The number of carbonyl (C=O) groups is 1. The molecule has 1 aromatic heterocycles. The van der Waals surface area contributed by atoms with Crippen LogP contribution < -0.4 is 15.8 Å². The van der Waals surface area contributed by atoms with Crippen molar-refractivity contribution in [3.8, 4) is 11.8 Å². The first-order valence-electron chi connectivity index (χ1n) is 7.52. The van der Waals surface area contributed by atoms with Crippen molar-refractivity contribution in [1.29, 1.82) is 5.26 Å². The fourth-order valence-electron chi connectivity index (χ4n) is 2.86. The van der Waals surface area contributed by atoms with Crippen LogP contribution in [0.1, 0.15) is 34.0 Å². The lowest BCUT2D eigenvalue weighted by Crippen LogP contribution is -2.40. The summed E-state index contributed by atoms with van der Waals surface area (Å²) in [6, 6.07) is 8.63. The number of nitrogen functional groups attached to an aromatic ring is 1. The van der Waals surface area contributed by atoms with Crippen LogP contribution in [0.3, 0.4) is 0 Å². The van der Waals surface area contributed by atoms with E-state index in [4.69, 9.17) is 10.5 Å². The van der Waals surface area contributed by atoms with E-state index in [2.05, 4.69) is 16.4 Å². The molecule has 1 unspecified atom stereocenters. The van der Waals surface area contributed by atoms with Gasteiger partial charge in [-0.2, -0.15) is 5.26 Å². The summed E-state index contributed by atoms with van der Waals surface area (Å²) in [5.41, 5.74) is 4.81. The van der Waals surface area contributed by atoms with E-state index in [1.165, 1.54) is 18.9 Å². The third-order valence-electron chi connectivity index (χ3n) is 3.98. The summed E-state index contributed by atoms with van der Waals surface area (Å²) in [6.45, 7) is 1.91. The molecule has 1 aliphatic heterocycles. The zero-order valence-electron chi connectivity index (χ0n) is 13.7. The van der Waals surface area contributed by atoms with Crippen LogP contribution in [0.5, 0.6) is 5.75 Å². The molecule has 0 spiro atoms. The molecule has 1 aliphatic rings. The summed E-state index contributed by atoms with van der Waals surface area (Å²) in [4.78, 5) is 16.6. The van der Waals surface area contributed by atoms with Gasteiger partial charge in [0.1, 0.15) is 22.7 Å². The standard InChI is InChI=1S/C17H16N4O3S/c1-3-25-16-11(8-18)13-12(14(19)20-16)15(22)21-17(13,23)9-4-6-10(24-2)7-5-9/h4-7,23H,3H2,1-2H3,(H2,19,20)(H,21,22). The number of nitrogens with one attached hydrogen (secondary N) is 1. The molecule has 0 saturated carbocycles. The normalized spacial score (nSPS) is 18.4. The van der Waals surface area contributed by atoms with Crippen molar-refractivity contribution in [2.45, 2.75) is 17.7 Å². The van der Waals surface area contributed by atoms with Crippen molar-refractivity contribution < 1.29 is 14.6 Å². The van der Waals surface area contributed by atoms with Gasteiger partial charge in [0, 0.05) is 11.1 Å². The summed E-state index contributed by atoms with van der Waals surface area (Å²) in [5.74, 6) is 0.700. The molecule has 1 atom stereocenters. The maximum atomic E-state index is 12.4. The molecule has 1 aromatic carbocycles. The fourth-order valence-corrected chi connectivity index (χ4v) is 3.58. The van der Waals surface area contributed by atoms with Gasteiger partial charge in [-0.15, -0.1) is 11.8 Å². The monoisotopic (exact) mass is 356 g/mol. The largest absolute Gasteiger partial charge is 0.497 e. The van der Waals surface area contributed by atoms with Gasteiger partial charge in [0.25, 0.3) is 5.91 Å². The van der Waals surface area contributed by atoms with E-state index in [1.807, 2.05) is 6.92 Å². The number of benzene rings is 1. The Kier molecular flexibility index (Phi) is 4.29. The first-order valence-corrected chi connectivity index (χ1v) is 8.51. The van der Waals surface area contributed by atoms with Crippen LogP contribution in [-0.2, 0) is 5.72 Å². The van der Waals surface area contributed by atoms with Gasteiger partial charge in [-0.1, -0.05) is 19.1 Å². The van der Waals surface area contributed by atoms with Crippen molar-refractivity contribution in [3.05, 3.63) is 46.5 Å². The van der Waals surface area contributed by atoms with E-state index in [-0.39, 0.29) is 22.5 Å². The number of aliphatic hydroxyl groups is 1. The van der Waals surface area contributed by atoms with Crippen LogP contribution in [0, 0.1) is 11.3 Å². The number of nitrogens with zero attached hydrogens (tertiary/aromatic N) is 2. The molecular formula is C17H16N4O3S. The smallest absolute Gasteiger partial charge is 0.258 e. The maximum Gasteiger partial charge on any atom is 0.258 e. The second-order valence-corrected chi connectivity index (χ2v) is 6.62. The Morgan fingerprint density at radius 1 is 1.44 bits per heavy atom. The Morgan fingerprint density at radius 3 is 2.68 bits per heavy atom. The molecule has 7 nitrogen and oxygen atoms in total. The number of amides is 1. The highest BCUT2D eigenvalue weighted by Crippen LogP contribution is 2.42. The minimum atomic E-state index is -1.86.